The molecule has 17 heavy (non-hydrogen) atoms. The van der Waals surface area contributed by atoms with Gasteiger partial charge < -0.3 is 20.6 Å². The van der Waals surface area contributed by atoms with Crippen LogP contribution >= 0.6 is 0 Å². The van der Waals surface area contributed by atoms with Crippen LogP contribution in [0.25, 0.3) is 0 Å². The van der Waals surface area contributed by atoms with Crippen molar-refractivity contribution in [3.63, 3.8) is 0 Å². The van der Waals surface area contributed by atoms with Crippen LogP contribution < -0.4 is 5.73 Å². The summed E-state index contributed by atoms with van der Waals surface area (Å²) < 4.78 is 0. The maximum Gasteiger partial charge on any atom is 0.320 e. The van der Waals surface area contributed by atoms with Crippen molar-refractivity contribution in [2.75, 3.05) is 26.2 Å². The van der Waals surface area contributed by atoms with Crippen molar-refractivity contribution < 1.29 is 14.7 Å². The smallest absolute Gasteiger partial charge is 0.320 e. The molecule has 2 rings (SSSR count). The third-order valence-electron chi connectivity index (χ3n) is 3.54. The topological polar surface area (TPSA) is 86.9 Å². The number of nitrogens with zero attached hydrogens (tertiary/aromatic N) is 2. The molecule has 0 aromatic rings. The second-order valence-electron chi connectivity index (χ2n) is 4.90. The molecular formula is C11H19N3O3. The Kier molecular flexibility index (Phi) is 3.51. The molecule has 0 radical (unpaired) electrons. The zero-order valence-corrected chi connectivity index (χ0v) is 9.84. The lowest BCUT2D eigenvalue weighted by Gasteiger charge is -2.33. The largest absolute Gasteiger partial charge is 0.481 e. The SMILES string of the molecule is NC1CCN(C(=O)N2CCCC(C(=O)O)C2)C1. The molecule has 2 unspecified atom stereocenters. The minimum Gasteiger partial charge on any atom is -0.481 e. The Morgan fingerprint density at radius 3 is 2.41 bits per heavy atom. The summed E-state index contributed by atoms with van der Waals surface area (Å²) in [6.45, 7) is 2.27. The van der Waals surface area contributed by atoms with Gasteiger partial charge in [-0.25, -0.2) is 4.79 Å². The third kappa shape index (κ3) is 2.69. The summed E-state index contributed by atoms with van der Waals surface area (Å²) in [5.41, 5.74) is 5.76. The fraction of sp³-hybridized carbons (Fsp3) is 0.818. The number of carbonyl (C=O) groups is 2. The predicted octanol–water partition coefficient (Wildman–Crippen LogP) is -0.0640. The van der Waals surface area contributed by atoms with Crippen molar-refractivity contribution in [1.29, 1.82) is 0 Å². The quantitative estimate of drug-likeness (QED) is 0.673. The van der Waals surface area contributed by atoms with E-state index >= 15 is 0 Å². The van der Waals surface area contributed by atoms with Crippen LogP contribution in [0.5, 0.6) is 0 Å². The van der Waals surface area contributed by atoms with Gasteiger partial charge in [-0.05, 0) is 19.3 Å². The highest BCUT2D eigenvalue weighted by Crippen LogP contribution is 2.19. The minimum absolute atomic E-state index is 0.0519. The van der Waals surface area contributed by atoms with Gasteiger partial charge >= 0.3 is 12.0 Å². The third-order valence-corrected chi connectivity index (χ3v) is 3.54. The van der Waals surface area contributed by atoms with Crippen molar-refractivity contribution >= 4 is 12.0 Å². The first-order chi connectivity index (χ1) is 8.08. The summed E-state index contributed by atoms with van der Waals surface area (Å²) in [5.74, 6) is -1.22. The van der Waals surface area contributed by atoms with E-state index in [-0.39, 0.29) is 12.1 Å². The number of urea groups is 1. The molecule has 6 heteroatoms. The maximum atomic E-state index is 12.1. The van der Waals surface area contributed by atoms with Gasteiger partial charge in [0.25, 0.3) is 0 Å². The molecule has 2 aliphatic heterocycles. The molecule has 96 valence electrons. The number of carboxylic acids is 1. The molecule has 6 nitrogen and oxygen atoms in total. The number of hydrogen-bond acceptors (Lipinski definition) is 3. The number of amides is 2. The molecule has 2 atom stereocenters. The van der Waals surface area contributed by atoms with Crippen LogP contribution in [-0.2, 0) is 4.79 Å². The van der Waals surface area contributed by atoms with Crippen LogP contribution in [0.3, 0.4) is 0 Å². The Bertz CT molecular complexity index is 321. The average Bonchev–Trinajstić information content (AvgIpc) is 2.75. The van der Waals surface area contributed by atoms with E-state index in [1.807, 2.05) is 0 Å². The Hall–Kier alpha value is -1.30. The van der Waals surface area contributed by atoms with Crippen molar-refractivity contribution in [2.24, 2.45) is 11.7 Å². The van der Waals surface area contributed by atoms with Gasteiger partial charge in [-0.3, -0.25) is 4.79 Å². The second-order valence-corrected chi connectivity index (χ2v) is 4.90. The van der Waals surface area contributed by atoms with Gasteiger partial charge in [0.1, 0.15) is 0 Å². The molecule has 0 saturated carbocycles. The number of carboxylic acid groups (broad SMARTS) is 1. The number of carbonyl (C=O) groups excluding carboxylic acids is 1. The van der Waals surface area contributed by atoms with Crippen LogP contribution in [0.4, 0.5) is 4.79 Å². The molecule has 0 aromatic carbocycles. The first-order valence-electron chi connectivity index (χ1n) is 6.10. The van der Waals surface area contributed by atoms with Gasteiger partial charge in [0.15, 0.2) is 0 Å². The van der Waals surface area contributed by atoms with Crippen molar-refractivity contribution in [3.05, 3.63) is 0 Å². The molecule has 3 N–H and O–H groups in total. The van der Waals surface area contributed by atoms with Crippen LogP contribution in [0.1, 0.15) is 19.3 Å². The molecule has 0 aromatic heterocycles. The molecule has 2 saturated heterocycles. The average molecular weight is 241 g/mol. The molecule has 2 amide bonds. The fourth-order valence-electron chi connectivity index (χ4n) is 2.51. The predicted molar refractivity (Wildman–Crippen MR) is 61.5 cm³/mol. The molecule has 2 fully saturated rings. The number of nitrogens with two attached hydrogens (primary N) is 1. The van der Waals surface area contributed by atoms with Gasteiger partial charge in [0.05, 0.1) is 5.92 Å². The Morgan fingerprint density at radius 2 is 1.82 bits per heavy atom. The Morgan fingerprint density at radius 1 is 1.12 bits per heavy atom. The molecular weight excluding hydrogens is 222 g/mol. The van der Waals surface area contributed by atoms with Gasteiger partial charge in [-0.2, -0.15) is 0 Å². The van der Waals surface area contributed by atoms with E-state index in [1.165, 1.54) is 0 Å². The molecule has 0 spiro atoms. The van der Waals surface area contributed by atoms with Gasteiger partial charge in [0.2, 0.25) is 0 Å². The number of piperidine rings is 1. The minimum atomic E-state index is -0.805. The Labute approximate surface area is 100 Å². The van der Waals surface area contributed by atoms with E-state index in [0.29, 0.717) is 32.6 Å². The molecule has 0 aliphatic carbocycles. The zero-order valence-electron chi connectivity index (χ0n) is 9.84. The summed E-state index contributed by atoms with van der Waals surface area (Å²) in [6.07, 6.45) is 2.27. The van der Waals surface area contributed by atoms with Gasteiger partial charge in [0, 0.05) is 32.2 Å². The van der Waals surface area contributed by atoms with E-state index in [1.54, 1.807) is 9.80 Å². The van der Waals surface area contributed by atoms with Crippen LogP contribution in [0, 0.1) is 5.92 Å². The van der Waals surface area contributed by atoms with E-state index in [4.69, 9.17) is 10.8 Å². The lowest BCUT2D eigenvalue weighted by molar-refractivity contribution is -0.143. The number of hydrogen-bond donors (Lipinski definition) is 2. The van der Waals surface area contributed by atoms with Crippen molar-refractivity contribution in [3.8, 4) is 0 Å². The summed E-state index contributed by atoms with van der Waals surface area (Å²) in [7, 11) is 0. The van der Waals surface area contributed by atoms with E-state index in [9.17, 15) is 9.59 Å². The number of aliphatic carboxylic acids is 1. The monoisotopic (exact) mass is 241 g/mol. The molecule has 0 bridgehead atoms. The fourth-order valence-corrected chi connectivity index (χ4v) is 2.51. The van der Waals surface area contributed by atoms with Crippen LogP contribution in [0.2, 0.25) is 0 Å². The Balaban J connectivity index is 1.93. The highest BCUT2D eigenvalue weighted by molar-refractivity contribution is 5.77. The summed E-state index contributed by atoms with van der Waals surface area (Å²) >= 11 is 0. The summed E-state index contributed by atoms with van der Waals surface area (Å²) in [4.78, 5) is 26.4. The maximum absolute atomic E-state index is 12.1. The molecule has 2 heterocycles. The number of likely N-dealkylation sites (tertiary alicyclic amines) is 2. The highest BCUT2D eigenvalue weighted by Gasteiger charge is 2.32. The van der Waals surface area contributed by atoms with Gasteiger partial charge in [-0.15, -0.1) is 0 Å². The normalized spacial score (nSPS) is 29.5. The van der Waals surface area contributed by atoms with E-state index in [0.717, 1.165) is 12.8 Å². The standard InChI is InChI=1S/C11H19N3O3/c12-9-3-5-14(7-9)11(17)13-4-1-2-8(6-13)10(15)16/h8-9H,1-7,12H2,(H,15,16). The first-order valence-corrected chi connectivity index (χ1v) is 6.10. The van der Waals surface area contributed by atoms with E-state index in [2.05, 4.69) is 0 Å². The lowest BCUT2D eigenvalue weighted by Crippen LogP contribution is -2.48. The summed E-state index contributed by atoms with van der Waals surface area (Å²) in [6, 6.07) is 0.0166. The van der Waals surface area contributed by atoms with Crippen LogP contribution in [0.15, 0.2) is 0 Å². The van der Waals surface area contributed by atoms with Crippen molar-refractivity contribution in [2.45, 2.75) is 25.3 Å². The van der Waals surface area contributed by atoms with Crippen LogP contribution in [-0.4, -0.2) is 59.1 Å². The van der Waals surface area contributed by atoms with Gasteiger partial charge in [-0.1, -0.05) is 0 Å². The highest BCUT2D eigenvalue weighted by atomic mass is 16.4. The lowest BCUT2D eigenvalue weighted by atomic mass is 9.99. The molecule has 2 aliphatic rings. The summed E-state index contributed by atoms with van der Waals surface area (Å²) in [5, 5.41) is 8.97. The number of rotatable bonds is 1. The van der Waals surface area contributed by atoms with E-state index < -0.39 is 11.9 Å². The zero-order chi connectivity index (χ0) is 12.4. The first kappa shape index (κ1) is 12.2. The second kappa shape index (κ2) is 4.91. The van der Waals surface area contributed by atoms with Crippen molar-refractivity contribution in [1.82, 2.24) is 9.80 Å².